The van der Waals surface area contributed by atoms with Crippen molar-refractivity contribution in [2.75, 3.05) is 13.6 Å². The third-order valence-electron chi connectivity index (χ3n) is 4.70. The van der Waals surface area contributed by atoms with Crippen LogP contribution in [0.5, 0.6) is 0 Å². The number of ether oxygens (including phenoxy) is 1. The predicted molar refractivity (Wildman–Crippen MR) is 120 cm³/mol. The van der Waals surface area contributed by atoms with Gasteiger partial charge in [0.2, 0.25) is 5.91 Å². The molecular formula is C25H34N2O3. The lowest BCUT2D eigenvalue weighted by Crippen LogP contribution is -2.50. The smallest absolute Gasteiger partial charge is 0.408 e. The number of hydrogen-bond acceptors (Lipinski definition) is 3. The van der Waals surface area contributed by atoms with Crippen LogP contribution in [0.3, 0.4) is 0 Å². The topological polar surface area (TPSA) is 58.6 Å². The summed E-state index contributed by atoms with van der Waals surface area (Å²) in [6, 6.07) is 19.4. The Balaban J connectivity index is 1.93. The van der Waals surface area contributed by atoms with E-state index in [1.54, 1.807) is 32.7 Å². The molecule has 1 atom stereocenters. The molecule has 2 aromatic carbocycles. The van der Waals surface area contributed by atoms with Crippen molar-refractivity contribution in [2.45, 2.75) is 58.1 Å². The Morgan fingerprint density at radius 1 is 0.933 bits per heavy atom. The number of carbonyl (C=O) groups excluding carboxylic acids is 2. The Labute approximate surface area is 180 Å². The van der Waals surface area contributed by atoms with Crippen LogP contribution < -0.4 is 5.32 Å². The number of carbonyl (C=O) groups is 2. The molecule has 2 aromatic rings. The van der Waals surface area contributed by atoms with Gasteiger partial charge in [0, 0.05) is 20.0 Å². The van der Waals surface area contributed by atoms with Crippen LogP contribution in [0, 0.1) is 0 Å². The first kappa shape index (κ1) is 23.5. The van der Waals surface area contributed by atoms with Crippen LogP contribution in [0.2, 0.25) is 0 Å². The highest BCUT2D eigenvalue weighted by Gasteiger charge is 2.26. The van der Waals surface area contributed by atoms with Crippen LogP contribution in [0.25, 0.3) is 0 Å². The molecule has 30 heavy (non-hydrogen) atoms. The van der Waals surface area contributed by atoms with Crippen molar-refractivity contribution >= 4 is 12.0 Å². The molecule has 5 nitrogen and oxygen atoms in total. The van der Waals surface area contributed by atoms with E-state index in [2.05, 4.69) is 17.4 Å². The second-order valence-electron chi connectivity index (χ2n) is 8.59. The van der Waals surface area contributed by atoms with Gasteiger partial charge in [0.15, 0.2) is 0 Å². The number of nitrogens with one attached hydrogen (secondary N) is 1. The number of nitrogens with zero attached hydrogens (tertiary/aromatic N) is 1. The van der Waals surface area contributed by atoms with E-state index in [0.717, 1.165) is 24.8 Å². The van der Waals surface area contributed by atoms with Gasteiger partial charge in [-0.2, -0.15) is 0 Å². The summed E-state index contributed by atoms with van der Waals surface area (Å²) in [5.41, 5.74) is 1.68. The number of aryl methyl sites for hydroxylation is 1. The van der Waals surface area contributed by atoms with Crippen molar-refractivity contribution in [3.05, 3.63) is 71.8 Å². The number of benzene rings is 2. The zero-order valence-corrected chi connectivity index (χ0v) is 18.6. The molecule has 5 heteroatoms. The maximum atomic E-state index is 13.1. The molecule has 0 heterocycles. The first-order valence-electron chi connectivity index (χ1n) is 10.6. The molecule has 1 N–H and O–H groups in total. The number of amides is 2. The third-order valence-corrected chi connectivity index (χ3v) is 4.70. The van der Waals surface area contributed by atoms with Crippen LogP contribution in [0.4, 0.5) is 4.79 Å². The number of hydrogen-bond donors (Lipinski definition) is 1. The normalized spacial score (nSPS) is 12.1. The SMILES string of the molecule is CN(CCCCc1ccccc1)C(=O)C(Cc1ccccc1)NC(=O)OC(C)(C)C. The molecule has 0 saturated heterocycles. The maximum absolute atomic E-state index is 13.1. The minimum Gasteiger partial charge on any atom is -0.444 e. The summed E-state index contributed by atoms with van der Waals surface area (Å²) in [5, 5.41) is 2.77. The lowest BCUT2D eigenvalue weighted by atomic mass is 10.0. The first-order valence-corrected chi connectivity index (χ1v) is 10.6. The van der Waals surface area contributed by atoms with E-state index in [1.807, 2.05) is 48.5 Å². The summed E-state index contributed by atoms with van der Waals surface area (Å²) in [6.07, 6.45) is 2.75. The largest absolute Gasteiger partial charge is 0.444 e. The highest BCUT2D eigenvalue weighted by Crippen LogP contribution is 2.11. The van der Waals surface area contributed by atoms with Gasteiger partial charge in [0.25, 0.3) is 0 Å². The number of alkyl carbamates (subject to hydrolysis) is 1. The second-order valence-corrected chi connectivity index (χ2v) is 8.59. The van der Waals surface area contributed by atoms with Crippen molar-refractivity contribution in [2.24, 2.45) is 0 Å². The fraction of sp³-hybridized carbons (Fsp3) is 0.440. The number of unbranched alkanes of at least 4 members (excludes halogenated alkanes) is 1. The van der Waals surface area contributed by atoms with Crippen LogP contribution >= 0.6 is 0 Å². The number of rotatable bonds is 9. The van der Waals surface area contributed by atoms with E-state index in [9.17, 15) is 9.59 Å². The van der Waals surface area contributed by atoms with Crippen LogP contribution in [0.1, 0.15) is 44.7 Å². The Hall–Kier alpha value is -2.82. The Kier molecular flexibility index (Phi) is 8.90. The first-order chi connectivity index (χ1) is 14.2. The van der Waals surface area contributed by atoms with Crippen molar-refractivity contribution in [3.8, 4) is 0 Å². The standard InChI is InChI=1S/C25H34N2O3/c1-25(2,3)30-24(29)26-22(19-21-16-9-6-10-17-21)23(28)27(4)18-12-11-15-20-13-7-5-8-14-20/h5-10,13-14,16-17,22H,11-12,15,18-19H2,1-4H3,(H,26,29). The summed E-state index contributed by atoms with van der Waals surface area (Å²) in [6.45, 7) is 6.06. The Morgan fingerprint density at radius 2 is 1.50 bits per heavy atom. The molecule has 1 unspecified atom stereocenters. The van der Waals surface area contributed by atoms with Gasteiger partial charge >= 0.3 is 6.09 Å². The lowest BCUT2D eigenvalue weighted by molar-refractivity contribution is -0.132. The average Bonchev–Trinajstić information content (AvgIpc) is 2.70. The summed E-state index contributed by atoms with van der Waals surface area (Å²) in [5.74, 6) is -0.107. The van der Waals surface area contributed by atoms with E-state index >= 15 is 0 Å². The second kappa shape index (κ2) is 11.4. The van der Waals surface area contributed by atoms with E-state index in [4.69, 9.17) is 4.74 Å². The van der Waals surface area contributed by atoms with E-state index in [1.165, 1.54) is 5.56 Å². The molecule has 162 valence electrons. The minimum absolute atomic E-state index is 0.107. The van der Waals surface area contributed by atoms with Gasteiger partial charge in [-0.05, 0) is 51.2 Å². The molecule has 0 fully saturated rings. The van der Waals surface area contributed by atoms with E-state index in [-0.39, 0.29) is 5.91 Å². The van der Waals surface area contributed by atoms with Gasteiger partial charge in [-0.1, -0.05) is 60.7 Å². The average molecular weight is 411 g/mol. The van der Waals surface area contributed by atoms with Crippen molar-refractivity contribution in [1.29, 1.82) is 0 Å². The zero-order chi connectivity index (χ0) is 22.0. The van der Waals surface area contributed by atoms with Gasteiger partial charge in [-0.3, -0.25) is 4.79 Å². The molecule has 0 spiro atoms. The van der Waals surface area contributed by atoms with Gasteiger partial charge in [-0.15, -0.1) is 0 Å². The van der Waals surface area contributed by atoms with Gasteiger partial charge in [0.05, 0.1) is 0 Å². The predicted octanol–water partition coefficient (Wildman–Crippen LogP) is 4.60. The van der Waals surface area contributed by atoms with Crippen molar-refractivity contribution in [3.63, 3.8) is 0 Å². The maximum Gasteiger partial charge on any atom is 0.408 e. The van der Waals surface area contributed by atoms with Crippen LogP contribution in [-0.4, -0.2) is 42.1 Å². The molecule has 2 rings (SSSR count). The van der Waals surface area contributed by atoms with E-state index < -0.39 is 17.7 Å². The highest BCUT2D eigenvalue weighted by atomic mass is 16.6. The molecular weight excluding hydrogens is 376 g/mol. The van der Waals surface area contributed by atoms with Crippen LogP contribution in [0.15, 0.2) is 60.7 Å². The fourth-order valence-electron chi connectivity index (χ4n) is 3.20. The highest BCUT2D eigenvalue weighted by molar-refractivity contribution is 5.85. The fourth-order valence-corrected chi connectivity index (χ4v) is 3.20. The quantitative estimate of drug-likeness (QED) is 0.615. The Morgan fingerprint density at radius 3 is 2.07 bits per heavy atom. The van der Waals surface area contributed by atoms with E-state index in [0.29, 0.717) is 13.0 Å². The molecule has 0 aromatic heterocycles. The van der Waals surface area contributed by atoms with Gasteiger partial charge < -0.3 is 15.0 Å². The van der Waals surface area contributed by atoms with Gasteiger partial charge in [-0.25, -0.2) is 4.79 Å². The monoisotopic (exact) mass is 410 g/mol. The van der Waals surface area contributed by atoms with Crippen LogP contribution in [-0.2, 0) is 22.4 Å². The molecule has 0 bridgehead atoms. The summed E-state index contributed by atoms with van der Waals surface area (Å²) < 4.78 is 5.36. The van der Waals surface area contributed by atoms with Crippen molar-refractivity contribution in [1.82, 2.24) is 10.2 Å². The number of likely N-dealkylation sites (N-methyl/N-ethyl adjacent to an activating group) is 1. The molecule has 0 aliphatic carbocycles. The zero-order valence-electron chi connectivity index (χ0n) is 18.6. The van der Waals surface area contributed by atoms with Gasteiger partial charge in [0.1, 0.15) is 11.6 Å². The molecule has 2 amide bonds. The molecule has 0 radical (unpaired) electrons. The third kappa shape index (κ3) is 8.68. The summed E-state index contributed by atoms with van der Waals surface area (Å²) >= 11 is 0. The molecule has 0 aliphatic heterocycles. The minimum atomic E-state index is -0.665. The molecule has 0 aliphatic rings. The molecule has 0 saturated carbocycles. The Bertz CT molecular complexity index is 785. The summed E-state index contributed by atoms with van der Waals surface area (Å²) in [4.78, 5) is 27.1. The summed E-state index contributed by atoms with van der Waals surface area (Å²) in [7, 11) is 1.79. The van der Waals surface area contributed by atoms with Crippen molar-refractivity contribution < 1.29 is 14.3 Å². The lowest BCUT2D eigenvalue weighted by Gasteiger charge is -2.26.